The van der Waals surface area contributed by atoms with E-state index in [0.29, 0.717) is 0 Å². The minimum atomic E-state index is -1.89. The van der Waals surface area contributed by atoms with E-state index in [0.717, 1.165) is 18.1 Å². The summed E-state index contributed by atoms with van der Waals surface area (Å²) in [5.41, 5.74) is 4.64. The third-order valence-corrected chi connectivity index (χ3v) is 11.7. The Morgan fingerprint density at radius 1 is 1.03 bits per heavy atom. The van der Waals surface area contributed by atoms with Crippen molar-refractivity contribution in [2.75, 3.05) is 7.11 Å². The van der Waals surface area contributed by atoms with Crippen LogP contribution in [0.2, 0.25) is 37.8 Å². The van der Waals surface area contributed by atoms with Gasteiger partial charge in [0.1, 0.15) is 14.0 Å². The maximum atomic E-state index is 13.0. The van der Waals surface area contributed by atoms with Crippen LogP contribution in [0.3, 0.4) is 0 Å². The SMILES string of the molecule is CC[Si](CC)(CC)O[C@H](C)[C@H](C(=O)OC)[C@@H](C#C[Si](C)(C)C)N[C@@H](C)c1ccccc1. The molecule has 0 spiro atoms. The van der Waals surface area contributed by atoms with Crippen LogP contribution in [0.4, 0.5) is 0 Å². The summed E-state index contributed by atoms with van der Waals surface area (Å²) in [7, 11) is -2.06. The lowest BCUT2D eigenvalue weighted by atomic mass is 9.93. The topological polar surface area (TPSA) is 47.6 Å². The molecule has 174 valence electrons. The monoisotopic (exact) mass is 461 g/mol. The number of hydrogen-bond acceptors (Lipinski definition) is 4. The summed E-state index contributed by atoms with van der Waals surface area (Å²) in [5, 5.41) is 3.63. The number of carbonyl (C=O) groups excluding carboxylic acids is 1. The molecular formula is C25H43NO3Si2. The van der Waals surface area contributed by atoms with Crippen molar-refractivity contribution in [1.82, 2.24) is 5.32 Å². The number of esters is 1. The molecule has 4 nitrogen and oxygen atoms in total. The highest BCUT2D eigenvalue weighted by molar-refractivity contribution is 6.83. The first-order valence-electron chi connectivity index (χ1n) is 11.6. The van der Waals surface area contributed by atoms with E-state index in [4.69, 9.17) is 9.16 Å². The van der Waals surface area contributed by atoms with Crippen LogP contribution < -0.4 is 5.32 Å². The lowest BCUT2D eigenvalue weighted by Crippen LogP contribution is -2.50. The van der Waals surface area contributed by atoms with Crippen LogP contribution in [0.5, 0.6) is 0 Å². The van der Waals surface area contributed by atoms with Gasteiger partial charge in [-0.25, -0.2) is 0 Å². The molecule has 1 rings (SSSR count). The summed E-state index contributed by atoms with van der Waals surface area (Å²) in [6, 6.07) is 13.1. The number of hydrogen-bond donors (Lipinski definition) is 1. The molecular weight excluding hydrogens is 418 g/mol. The summed E-state index contributed by atoms with van der Waals surface area (Å²) in [6.45, 7) is 17.4. The molecule has 6 heteroatoms. The second kappa shape index (κ2) is 12.6. The average molecular weight is 462 g/mol. The van der Waals surface area contributed by atoms with Gasteiger partial charge < -0.3 is 9.16 Å². The molecule has 1 aromatic carbocycles. The predicted molar refractivity (Wildman–Crippen MR) is 136 cm³/mol. The first-order valence-corrected chi connectivity index (χ1v) is 17.6. The van der Waals surface area contributed by atoms with Crippen molar-refractivity contribution in [3.63, 3.8) is 0 Å². The molecule has 31 heavy (non-hydrogen) atoms. The van der Waals surface area contributed by atoms with E-state index < -0.39 is 22.3 Å². The number of ether oxygens (including phenoxy) is 1. The molecule has 0 saturated carbocycles. The lowest BCUT2D eigenvalue weighted by molar-refractivity contribution is -0.149. The molecule has 0 radical (unpaired) electrons. The third-order valence-electron chi connectivity index (χ3n) is 6.04. The van der Waals surface area contributed by atoms with Crippen molar-refractivity contribution < 1.29 is 14.0 Å². The van der Waals surface area contributed by atoms with Crippen molar-refractivity contribution in [1.29, 1.82) is 0 Å². The predicted octanol–water partition coefficient (Wildman–Crippen LogP) is 5.79. The van der Waals surface area contributed by atoms with E-state index in [9.17, 15) is 4.79 Å². The molecule has 0 aliphatic rings. The van der Waals surface area contributed by atoms with E-state index in [1.807, 2.05) is 25.1 Å². The number of carbonyl (C=O) groups is 1. The van der Waals surface area contributed by atoms with E-state index >= 15 is 0 Å². The first kappa shape index (κ1) is 27.6. The zero-order valence-corrected chi connectivity index (χ0v) is 23.0. The van der Waals surface area contributed by atoms with Crippen molar-refractivity contribution in [3.05, 3.63) is 35.9 Å². The number of benzene rings is 1. The van der Waals surface area contributed by atoms with Crippen molar-refractivity contribution in [3.8, 4) is 11.5 Å². The van der Waals surface area contributed by atoms with Gasteiger partial charge in [-0.1, -0.05) is 76.7 Å². The molecule has 0 heterocycles. The maximum absolute atomic E-state index is 13.0. The van der Waals surface area contributed by atoms with E-state index in [1.165, 1.54) is 12.7 Å². The van der Waals surface area contributed by atoms with Gasteiger partial charge in [-0.2, -0.15) is 0 Å². The van der Waals surface area contributed by atoms with Gasteiger partial charge in [-0.15, -0.1) is 5.54 Å². The Morgan fingerprint density at radius 2 is 1.58 bits per heavy atom. The van der Waals surface area contributed by atoms with Crippen LogP contribution in [0.1, 0.15) is 46.2 Å². The molecule has 0 unspecified atom stereocenters. The summed E-state index contributed by atoms with van der Waals surface area (Å²) >= 11 is 0. The van der Waals surface area contributed by atoms with Crippen molar-refractivity contribution >= 4 is 22.4 Å². The number of methoxy groups -OCH3 is 1. The molecule has 0 amide bonds. The minimum Gasteiger partial charge on any atom is -0.469 e. The van der Waals surface area contributed by atoms with E-state index in [-0.39, 0.29) is 24.2 Å². The first-order chi connectivity index (χ1) is 14.5. The zero-order chi connectivity index (χ0) is 23.7. The summed E-state index contributed by atoms with van der Waals surface area (Å²) < 4.78 is 12.0. The zero-order valence-electron chi connectivity index (χ0n) is 21.0. The lowest BCUT2D eigenvalue weighted by Gasteiger charge is -2.37. The van der Waals surface area contributed by atoms with Crippen LogP contribution in [0.15, 0.2) is 30.3 Å². The van der Waals surface area contributed by atoms with E-state index in [1.54, 1.807) is 0 Å². The van der Waals surface area contributed by atoms with Gasteiger partial charge in [0.05, 0.1) is 19.3 Å². The Morgan fingerprint density at radius 3 is 2.03 bits per heavy atom. The Hall–Kier alpha value is -1.40. The summed E-state index contributed by atoms with van der Waals surface area (Å²) in [5.74, 6) is 2.68. The molecule has 4 atom stereocenters. The van der Waals surface area contributed by atoms with Crippen LogP contribution in [0, 0.1) is 17.4 Å². The average Bonchev–Trinajstić information content (AvgIpc) is 2.75. The minimum absolute atomic E-state index is 0.0482. The standard InChI is InChI=1S/C25H43NO3Si2/c1-10-31(11-2,12-3)29-21(5)24(25(27)28-6)23(18-19-30(7,8)9)26-20(4)22-16-14-13-15-17-22/h13-17,20-21,23-24,26H,10-12H2,1-9H3/t20-,21+,23+,24-/m0/s1. The van der Waals surface area contributed by atoms with Gasteiger partial charge >= 0.3 is 5.97 Å². The van der Waals surface area contributed by atoms with Crippen LogP contribution >= 0.6 is 0 Å². The van der Waals surface area contributed by atoms with Gasteiger partial charge in [0, 0.05) is 6.04 Å². The highest BCUT2D eigenvalue weighted by Gasteiger charge is 2.40. The molecule has 0 aliphatic carbocycles. The quantitative estimate of drug-likeness (QED) is 0.257. The van der Waals surface area contributed by atoms with E-state index in [2.05, 4.69) is 76.2 Å². The second-order valence-electron chi connectivity index (χ2n) is 9.41. The van der Waals surface area contributed by atoms with Crippen molar-refractivity contribution in [2.24, 2.45) is 5.92 Å². The number of nitrogens with one attached hydrogen (secondary N) is 1. The van der Waals surface area contributed by atoms with Gasteiger partial charge in [-0.3, -0.25) is 10.1 Å². The molecule has 0 aliphatic heterocycles. The van der Waals surface area contributed by atoms with Gasteiger partial charge in [0.25, 0.3) is 0 Å². The maximum Gasteiger partial charge on any atom is 0.313 e. The van der Waals surface area contributed by atoms with Crippen LogP contribution in [-0.2, 0) is 14.0 Å². The van der Waals surface area contributed by atoms with Gasteiger partial charge in [-0.05, 0) is 37.5 Å². The Balaban J connectivity index is 3.34. The van der Waals surface area contributed by atoms with Gasteiger partial charge in [0.15, 0.2) is 8.32 Å². The fourth-order valence-corrected chi connectivity index (χ4v) is 7.36. The Labute approximate surface area is 192 Å². The molecule has 1 N–H and O–H groups in total. The normalized spacial score (nSPS) is 15.9. The van der Waals surface area contributed by atoms with Crippen molar-refractivity contribution in [2.45, 2.75) is 90.6 Å². The largest absolute Gasteiger partial charge is 0.469 e. The smallest absolute Gasteiger partial charge is 0.313 e. The molecule has 0 bridgehead atoms. The number of rotatable bonds is 11. The molecule has 0 saturated heterocycles. The highest BCUT2D eigenvalue weighted by atomic mass is 28.4. The summed E-state index contributed by atoms with van der Waals surface area (Å²) in [6.07, 6.45) is -0.268. The molecule has 0 aromatic heterocycles. The molecule has 0 fully saturated rings. The summed E-state index contributed by atoms with van der Waals surface area (Å²) in [4.78, 5) is 13.0. The molecule has 1 aromatic rings. The third kappa shape index (κ3) is 8.57. The Bertz CT molecular complexity index is 724. The second-order valence-corrected chi connectivity index (χ2v) is 18.9. The van der Waals surface area contributed by atoms with Crippen LogP contribution in [-0.4, -0.2) is 41.6 Å². The fraction of sp³-hybridized carbons (Fsp3) is 0.640. The fourth-order valence-electron chi connectivity index (χ4n) is 3.84. The van der Waals surface area contributed by atoms with Crippen LogP contribution in [0.25, 0.3) is 0 Å². The highest BCUT2D eigenvalue weighted by Crippen LogP contribution is 2.28. The van der Waals surface area contributed by atoms with Gasteiger partial charge in [0.2, 0.25) is 0 Å². The Kier molecular flexibility index (Phi) is 11.2.